The Hall–Kier alpha value is -4.66. The zero-order valence-corrected chi connectivity index (χ0v) is 32.8. The summed E-state index contributed by atoms with van der Waals surface area (Å²) in [5.41, 5.74) is 10.4. The second-order valence-electron chi connectivity index (χ2n) is 12.1. The van der Waals surface area contributed by atoms with Crippen molar-refractivity contribution >= 4 is 48.8 Å². The van der Waals surface area contributed by atoms with E-state index in [1.54, 1.807) is 0 Å². The molecule has 0 saturated carbocycles. The highest BCUT2D eigenvalue weighted by Gasteiger charge is 1.97. The van der Waals surface area contributed by atoms with E-state index < -0.39 is 0 Å². The zero-order valence-electron chi connectivity index (χ0n) is 32.0. The van der Waals surface area contributed by atoms with Gasteiger partial charge in [0.05, 0.1) is 0 Å². The third-order valence-electron chi connectivity index (χ3n) is 7.63. The van der Waals surface area contributed by atoms with Crippen LogP contribution in [0, 0.1) is 48.5 Å². The topological polar surface area (TPSA) is 0 Å². The van der Waals surface area contributed by atoms with Crippen molar-refractivity contribution in [1.82, 2.24) is 0 Å². The van der Waals surface area contributed by atoms with Crippen molar-refractivity contribution in [3.8, 4) is 0 Å². The second kappa shape index (κ2) is 36.0. The van der Waals surface area contributed by atoms with E-state index in [9.17, 15) is 0 Å². The monoisotopic (exact) mass is 772 g/mol. The van der Waals surface area contributed by atoms with Crippen LogP contribution in [0.5, 0.6) is 0 Å². The van der Waals surface area contributed by atoms with Crippen molar-refractivity contribution in [2.45, 2.75) is 114 Å². The summed E-state index contributed by atoms with van der Waals surface area (Å²) in [5.74, 6) is 0. The minimum atomic E-state index is 0. The summed E-state index contributed by atoms with van der Waals surface area (Å²) < 4.78 is 0. The van der Waals surface area contributed by atoms with Gasteiger partial charge in [0, 0.05) is 18.2 Å². The van der Waals surface area contributed by atoms with Crippen LogP contribution >= 0.6 is 11.3 Å². The lowest BCUT2D eigenvalue weighted by atomic mass is 10.0. The Bertz CT molecular complexity index is 1760. The molecule has 0 unspecified atom stereocenters. The number of thiophene rings is 1. The third kappa shape index (κ3) is 25.4. The molecule has 0 bridgehead atoms. The number of allylic oxidation sites excluding steroid dienone is 3. The minimum Gasteiger partial charge on any atom is -0.146 e. The molecule has 3 radical (unpaired) electrons. The molecule has 0 N–H and O–H groups in total. The quantitative estimate of drug-likeness (QED) is 0.0955. The molecule has 5 aromatic carbocycles. The molecule has 6 aromatic rings. The summed E-state index contributed by atoms with van der Waals surface area (Å²) in [6, 6.07) is 42.7. The molecule has 56 heavy (non-hydrogen) atoms. The molecule has 0 fully saturated rings. The second-order valence-corrected chi connectivity index (χ2v) is 13.6. The number of hydrogen-bond donors (Lipinski definition) is 0. The molecule has 0 saturated heterocycles. The highest BCUT2D eigenvalue weighted by Crippen LogP contribution is 2.21. The van der Waals surface area contributed by atoms with Crippen molar-refractivity contribution in [1.29, 1.82) is 0 Å². The van der Waals surface area contributed by atoms with Gasteiger partial charge in [0.1, 0.15) is 0 Å². The van der Waals surface area contributed by atoms with Gasteiger partial charge in [-0.2, -0.15) is 0 Å². The summed E-state index contributed by atoms with van der Waals surface area (Å²) in [5, 5.41) is 2.75. The zero-order chi connectivity index (χ0) is 36.0. The number of benzene rings is 5. The Kier molecular flexibility index (Phi) is 40.7. The Labute approximate surface area is 354 Å². The molecule has 1 aromatic heterocycles. The average molecular weight is 772 g/mol. The minimum absolute atomic E-state index is 0. The van der Waals surface area contributed by atoms with E-state index in [1.807, 2.05) is 50.3 Å². The molecular formula is C54H80BS. The largest absolute Gasteiger partial charge is 0.146 e. The van der Waals surface area contributed by atoms with Gasteiger partial charge in [-0.3, -0.25) is 0 Å². The van der Waals surface area contributed by atoms with E-state index in [2.05, 4.69) is 188 Å². The fourth-order valence-corrected chi connectivity index (χ4v) is 5.35. The number of fused-ring (bicyclic) bond motifs is 1. The molecular weight excluding hydrogens is 691 g/mol. The highest BCUT2D eigenvalue weighted by molar-refractivity contribution is 7.11. The summed E-state index contributed by atoms with van der Waals surface area (Å²) in [4.78, 5) is 2.80. The van der Waals surface area contributed by atoms with Crippen molar-refractivity contribution in [3.63, 3.8) is 0 Å². The van der Waals surface area contributed by atoms with Gasteiger partial charge in [-0.15, -0.1) is 11.3 Å². The Balaban J connectivity index is -0.000000142. The van der Waals surface area contributed by atoms with Gasteiger partial charge in [-0.25, -0.2) is 0 Å². The predicted octanol–water partition coefficient (Wildman–Crippen LogP) is 18.3. The summed E-state index contributed by atoms with van der Waals surface area (Å²) in [6.45, 7) is 20.9. The van der Waals surface area contributed by atoms with Crippen LogP contribution in [0.1, 0.15) is 120 Å². The summed E-state index contributed by atoms with van der Waals surface area (Å²) in [7, 11) is 0. The van der Waals surface area contributed by atoms with Crippen molar-refractivity contribution in [3.05, 3.63) is 194 Å². The first-order valence-corrected chi connectivity index (χ1v) is 17.9. The van der Waals surface area contributed by atoms with E-state index in [0.29, 0.717) is 0 Å². The van der Waals surface area contributed by atoms with Crippen molar-refractivity contribution in [2.75, 3.05) is 0 Å². The predicted molar refractivity (Wildman–Crippen MR) is 271 cm³/mol. The Morgan fingerprint density at radius 1 is 0.339 bits per heavy atom. The molecule has 0 aliphatic rings. The first-order valence-electron chi connectivity index (χ1n) is 17.1. The molecule has 0 atom stereocenters. The number of hydrogen-bond acceptors (Lipinski definition) is 1. The molecule has 0 amide bonds. The smallest absolute Gasteiger partial charge is 0.00170 e. The van der Waals surface area contributed by atoms with Crippen LogP contribution in [0.2, 0.25) is 0 Å². The maximum atomic E-state index is 2.18. The molecule has 0 spiro atoms. The van der Waals surface area contributed by atoms with Crippen LogP contribution in [0.15, 0.2) is 140 Å². The maximum Gasteiger partial charge on any atom is 0.00170 e. The first kappa shape index (κ1) is 63.3. The number of aryl methyl sites for hydroxylation is 7. The molecule has 1 heterocycles. The fourth-order valence-electron chi connectivity index (χ4n) is 4.57. The van der Waals surface area contributed by atoms with E-state index in [0.717, 1.165) is 0 Å². The van der Waals surface area contributed by atoms with Crippen LogP contribution in [-0.4, -0.2) is 8.41 Å². The van der Waals surface area contributed by atoms with E-state index in [-0.39, 0.29) is 53.0 Å². The average Bonchev–Trinajstić information content (AvgIpc) is 3.51. The van der Waals surface area contributed by atoms with Gasteiger partial charge in [0.25, 0.3) is 0 Å². The molecule has 2 heteroatoms. The first-order chi connectivity index (χ1) is 23.6. The Morgan fingerprint density at radius 2 is 0.625 bits per heavy atom. The molecule has 0 aliphatic carbocycles. The molecule has 305 valence electrons. The maximum absolute atomic E-state index is 2.18. The summed E-state index contributed by atoms with van der Waals surface area (Å²) in [6.07, 6.45) is 12.4. The van der Waals surface area contributed by atoms with Crippen LogP contribution < -0.4 is 0 Å². The van der Waals surface area contributed by atoms with Crippen LogP contribution in [0.3, 0.4) is 0 Å². The van der Waals surface area contributed by atoms with Gasteiger partial charge in [-0.1, -0.05) is 207 Å². The van der Waals surface area contributed by atoms with Crippen molar-refractivity contribution in [2.24, 2.45) is 0 Å². The number of rotatable bonds is 3. The van der Waals surface area contributed by atoms with Crippen LogP contribution in [-0.2, 0) is 0 Å². The van der Waals surface area contributed by atoms with Gasteiger partial charge < -0.3 is 0 Å². The van der Waals surface area contributed by atoms with E-state index >= 15 is 0 Å². The lowest BCUT2D eigenvalue weighted by molar-refractivity contribution is 1.46. The SMILES string of the molecule is C.C.C.C.C.C.C/C=C/C.C/C=C/c1ccc(C)cc1.Cc1ccc(/C=C/c2ccc(C)cc2)cc1.Cc1ccc(C)c2ccccc12.Cc1ccc(C)s1.[B]. The molecule has 6 rings (SSSR count). The van der Waals surface area contributed by atoms with Gasteiger partial charge in [0.15, 0.2) is 0 Å². The van der Waals surface area contributed by atoms with Crippen LogP contribution in [0.25, 0.3) is 29.0 Å². The van der Waals surface area contributed by atoms with Gasteiger partial charge in [-0.05, 0) is 120 Å². The lowest BCUT2D eigenvalue weighted by Gasteiger charge is -2.03. The summed E-state index contributed by atoms with van der Waals surface area (Å²) >= 11 is 1.84. The van der Waals surface area contributed by atoms with E-state index in [4.69, 9.17) is 0 Å². The molecule has 0 aliphatic heterocycles. The molecule has 0 nitrogen and oxygen atoms in total. The normalized spacial score (nSPS) is 9.11. The fraction of sp³-hybridized carbons (Fsp3) is 0.296. The standard InChI is InChI=1S/C16H16.C12H12.C10H12.C6H8S.C4H8.6CH4.B/c1-13-3-7-15(8-4-13)11-12-16-9-5-14(2)6-10-16;1-9-7-8-10(2)12-6-4-3-5-11(9)12;1-3-4-10-7-5-9(2)6-8-10;1-5-3-4-6(2)7-5;1-3-4-2;;;;;;;/h3-12H,1-2H3;3-8H,1-2H3;3-8H,1-2H3;3-4H,1-2H3;3-4H,1-2H3;6*1H4;/b12-11+;;4-3+;;4-3+;;;;;;;. The van der Waals surface area contributed by atoms with Gasteiger partial charge >= 0.3 is 0 Å². The Morgan fingerprint density at radius 3 is 0.857 bits per heavy atom. The van der Waals surface area contributed by atoms with E-state index in [1.165, 1.54) is 65.0 Å². The third-order valence-corrected chi connectivity index (χ3v) is 8.54. The lowest BCUT2D eigenvalue weighted by Crippen LogP contribution is -1.80. The van der Waals surface area contributed by atoms with Gasteiger partial charge in [0.2, 0.25) is 0 Å². The van der Waals surface area contributed by atoms with Crippen molar-refractivity contribution < 1.29 is 0 Å². The van der Waals surface area contributed by atoms with Crippen LogP contribution in [0.4, 0.5) is 0 Å². The highest BCUT2D eigenvalue weighted by atomic mass is 32.1.